The molecule has 1 amide bonds. The van der Waals surface area contributed by atoms with Crippen molar-refractivity contribution in [2.24, 2.45) is 0 Å². The van der Waals surface area contributed by atoms with Gasteiger partial charge in [-0.1, -0.05) is 18.2 Å². The Labute approximate surface area is 132 Å². The number of hydrogen-bond acceptors (Lipinski definition) is 3. The van der Waals surface area contributed by atoms with Gasteiger partial charge in [-0.3, -0.25) is 4.79 Å². The van der Waals surface area contributed by atoms with Crippen molar-refractivity contribution in [3.63, 3.8) is 0 Å². The summed E-state index contributed by atoms with van der Waals surface area (Å²) in [5.74, 6) is -0.198. The minimum atomic E-state index is -0.573. The van der Waals surface area contributed by atoms with E-state index >= 15 is 0 Å². The third-order valence-corrected chi connectivity index (χ3v) is 3.63. The van der Waals surface area contributed by atoms with Crippen LogP contribution >= 0.6 is 0 Å². The van der Waals surface area contributed by atoms with E-state index in [9.17, 15) is 9.18 Å². The highest BCUT2D eigenvalue weighted by atomic mass is 19.1. The molecule has 0 saturated carbocycles. The maximum absolute atomic E-state index is 13.7. The zero-order chi connectivity index (χ0) is 16.4. The molecule has 4 nitrogen and oxygen atoms in total. The van der Waals surface area contributed by atoms with E-state index in [0.29, 0.717) is 5.76 Å². The Morgan fingerprint density at radius 2 is 2.00 bits per heavy atom. The van der Waals surface area contributed by atoms with Crippen LogP contribution in [0.1, 0.15) is 29.1 Å². The van der Waals surface area contributed by atoms with Gasteiger partial charge in [0, 0.05) is 10.9 Å². The smallest absolute Gasteiger partial charge is 0.251 e. The molecule has 0 aliphatic rings. The number of benzene rings is 2. The summed E-state index contributed by atoms with van der Waals surface area (Å²) in [7, 11) is 1.38. The molecule has 3 rings (SSSR count). The molecule has 118 valence electrons. The highest BCUT2D eigenvalue weighted by Crippen LogP contribution is 2.24. The number of fused-ring (bicyclic) bond motifs is 1. The number of nitrogens with one attached hydrogen (secondary N) is 1. The molecule has 1 unspecified atom stereocenters. The molecule has 3 aromatic rings. The van der Waals surface area contributed by atoms with E-state index in [0.717, 1.165) is 17.0 Å². The van der Waals surface area contributed by atoms with Crippen LogP contribution in [-0.2, 0) is 0 Å². The number of amides is 1. The first-order valence-corrected chi connectivity index (χ1v) is 7.21. The molecular weight excluding hydrogens is 297 g/mol. The van der Waals surface area contributed by atoms with Crippen LogP contribution in [-0.4, -0.2) is 13.0 Å². The second kappa shape index (κ2) is 6.12. The molecule has 0 fully saturated rings. The molecule has 23 heavy (non-hydrogen) atoms. The predicted molar refractivity (Wildman–Crippen MR) is 85.0 cm³/mol. The van der Waals surface area contributed by atoms with Gasteiger partial charge in [0.1, 0.15) is 11.3 Å². The number of rotatable bonds is 4. The van der Waals surface area contributed by atoms with E-state index in [-0.39, 0.29) is 23.3 Å². The van der Waals surface area contributed by atoms with E-state index in [4.69, 9.17) is 9.15 Å². The maximum Gasteiger partial charge on any atom is 0.251 e. The van der Waals surface area contributed by atoms with Crippen molar-refractivity contribution in [3.05, 3.63) is 65.7 Å². The van der Waals surface area contributed by atoms with Gasteiger partial charge in [-0.05, 0) is 37.3 Å². The summed E-state index contributed by atoms with van der Waals surface area (Å²) in [5.41, 5.74) is 0.991. The van der Waals surface area contributed by atoms with E-state index in [1.165, 1.54) is 19.2 Å². The summed E-state index contributed by atoms with van der Waals surface area (Å²) in [6.45, 7) is 1.81. The van der Waals surface area contributed by atoms with Gasteiger partial charge in [0.15, 0.2) is 11.6 Å². The molecule has 1 N–H and O–H groups in total. The van der Waals surface area contributed by atoms with Gasteiger partial charge in [-0.15, -0.1) is 0 Å². The molecule has 1 heterocycles. The lowest BCUT2D eigenvalue weighted by molar-refractivity contribution is 0.0935. The fourth-order valence-electron chi connectivity index (χ4n) is 2.37. The highest BCUT2D eigenvalue weighted by Gasteiger charge is 2.16. The Balaban J connectivity index is 1.77. The van der Waals surface area contributed by atoms with Crippen LogP contribution in [0.2, 0.25) is 0 Å². The predicted octanol–water partition coefficient (Wildman–Crippen LogP) is 4.07. The van der Waals surface area contributed by atoms with Crippen molar-refractivity contribution in [1.29, 1.82) is 0 Å². The standard InChI is InChI=1S/C18H16FNO3/c1-11(17-10-12-5-3-4-6-15(12)23-17)20-18(21)13-7-8-16(22-2)14(19)9-13/h3-11H,1-2H3,(H,20,21). The van der Waals surface area contributed by atoms with Gasteiger partial charge in [0.2, 0.25) is 0 Å². The van der Waals surface area contributed by atoms with Crippen LogP contribution in [0, 0.1) is 5.82 Å². The van der Waals surface area contributed by atoms with Crippen LogP contribution in [0.5, 0.6) is 5.75 Å². The molecule has 0 spiro atoms. The molecule has 1 aromatic heterocycles. The zero-order valence-corrected chi connectivity index (χ0v) is 12.8. The Bertz CT molecular complexity index is 823. The largest absolute Gasteiger partial charge is 0.494 e. The van der Waals surface area contributed by atoms with Crippen molar-refractivity contribution in [1.82, 2.24) is 5.32 Å². The van der Waals surface area contributed by atoms with Crippen molar-refractivity contribution >= 4 is 16.9 Å². The van der Waals surface area contributed by atoms with Gasteiger partial charge in [-0.2, -0.15) is 0 Å². The third kappa shape index (κ3) is 3.04. The molecule has 5 heteroatoms. The number of hydrogen-bond donors (Lipinski definition) is 1. The minimum Gasteiger partial charge on any atom is -0.494 e. The van der Waals surface area contributed by atoms with Crippen LogP contribution in [0.25, 0.3) is 11.0 Å². The van der Waals surface area contributed by atoms with Gasteiger partial charge >= 0.3 is 0 Å². The van der Waals surface area contributed by atoms with E-state index in [1.54, 1.807) is 0 Å². The van der Waals surface area contributed by atoms with Crippen molar-refractivity contribution < 1.29 is 18.3 Å². The second-order valence-electron chi connectivity index (χ2n) is 5.23. The van der Waals surface area contributed by atoms with Crippen LogP contribution < -0.4 is 10.1 Å². The summed E-state index contributed by atoms with van der Waals surface area (Å²) in [6.07, 6.45) is 0. The van der Waals surface area contributed by atoms with E-state index < -0.39 is 5.82 Å². The van der Waals surface area contributed by atoms with Gasteiger partial charge in [0.25, 0.3) is 5.91 Å². The summed E-state index contributed by atoms with van der Waals surface area (Å²) in [5, 5.41) is 3.77. The third-order valence-electron chi connectivity index (χ3n) is 3.63. The SMILES string of the molecule is COc1ccc(C(=O)NC(C)c2cc3ccccc3o2)cc1F. The Kier molecular flexibility index (Phi) is 4.02. The lowest BCUT2D eigenvalue weighted by atomic mass is 10.1. The molecule has 2 aromatic carbocycles. The van der Waals surface area contributed by atoms with Crippen LogP contribution in [0.4, 0.5) is 4.39 Å². The van der Waals surface area contributed by atoms with Crippen molar-refractivity contribution in [3.8, 4) is 5.75 Å². The average Bonchev–Trinajstić information content (AvgIpc) is 2.99. The second-order valence-corrected chi connectivity index (χ2v) is 5.23. The van der Waals surface area contributed by atoms with E-state index in [2.05, 4.69) is 5.32 Å². The van der Waals surface area contributed by atoms with Crippen LogP contribution in [0.3, 0.4) is 0 Å². The maximum atomic E-state index is 13.7. The normalized spacial score (nSPS) is 12.1. The molecule has 0 aliphatic carbocycles. The summed E-state index contributed by atoms with van der Waals surface area (Å²) in [4.78, 5) is 12.2. The van der Waals surface area contributed by atoms with Crippen molar-refractivity contribution in [2.45, 2.75) is 13.0 Å². The Morgan fingerprint density at radius 1 is 1.22 bits per heavy atom. The molecule has 0 radical (unpaired) electrons. The lowest BCUT2D eigenvalue weighted by Gasteiger charge is -2.12. The number of halogens is 1. The first-order chi connectivity index (χ1) is 11.1. The average molecular weight is 313 g/mol. The summed E-state index contributed by atoms with van der Waals surface area (Å²) >= 11 is 0. The highest BCUT2D eigenvalue weighted by molar-refractivity contribution is 5.94. The number of methoxy groups -OCH3 is 1. The topological polar surface area (TPSA) is 51.5 Å². The number of carbonyl (C=O) groups excluding carboxylic acids is 1. The molecule has 0 aliphatic heterocycles. The minimum absolute atomic E-state index is 0.104. The first-order valence-electron chi connectivity index (χ1n) is 7.21. The number of ether oxygens (including phenoxy) is 1. The Hall–Kier alpha value is -2.82. The summed E-state index contributed by atoms with van der Waals surface area (Å²) in [6, 6.07) is 13.3. The zero-order valence-electron chi connectivity index (χ0n) is 12.8. The number of furan rings is 1. The van der Waals surface area contributed by atoms with Crippen LogP contribution in [0.15, 0.2) is 52.9 Å². The van der Waals surface area contributed by atoms with E-state index in [1.807, 2.05) is 37.3 Å². The number of para-hydroxylation sites is 1. The molecule has 1 atom stereocenters. The van der Waals surface area contributed by atoms with Gasteiger partial charge in [0.05, 0.1) is 13.2 Å². The number of carbonyl (C=O) groups is 1. The monoisotopic (exact) mass is 313 g/mol. The summed E-state index contributed by atoms with van der Waals surface area (Å²) < 4.78 is 24.2. The molecule has 0 bridgehead atoms. The lowest BCUT2D eigenvalue weighted by Crippen LogP contribution is -2.26. The quantitative estimate of drug-likeness (QED) is 0.790. The fraction of sp³-hybridized carbons (Fsp3) is 0.167. The molecular formula is C18H16FNO3. The Morgan fingerprint density at radius 3 is 2.70 bits per heavy atom. The molecule has 0 saturated heterocycles. The van der Waals surface area contributed by atoms with Gasteiger partial charge < -0.3 is 14.5 Å². The van der Waals surface area contributed by atoms with Gasteiger partial charge in [-0.25, -0.2) is 4.39 Å². The first kappa shape index (κ1) is 15.1. The fourth-order valence-corrected chi connectivity index (χ4v) is 2.37. The van der Waals surface area contributed by atoms with Crippen molar-refractivity contribution in [2.75, 3.05) is 7.11 Å².